The molecule has 0 heterocycles. The molecule has 11 heteroatoms. The summed E-state index contributed by atoms with van der Waals surface area (Å²) in [5.41, 5.74) is -1.45. The number of nitrogens with one attached hydrogen (secondary N) is 1. The number of esters is 1. The summed E-state index contributed by atoms with van der Waals surface area (Å²) < 4.78 is 83.8. The molecule has 1 aromatic carbocycles. The second-order valence-corrected chi connectivity index (χ2v) is 9.94. The zero-order valence-electron chi connectivity index (χ0n) is 16.6. The summed E-state index contributed by atoms with van der Waals surface area (Å²) in [5, 5.41) is 1.97. The lowest BCUT2D eigenvalue weighted by Gasteiger charge is -2.64. The Kier molecular flexibility index (Phi) is 5.46. The van der Waals surface area contributed by atoms with Crippen LogP contribution in [0.5, 0.6) is 0 Å². The quantitative estimate of drug-likeness (QED) is 0.370. The summed E-state index contributed by atoms with van der Waals surface area (Å²) >= 11 is 6.67. The van der Waals surface area contributed by atoms with Crippen molar-refractivity contribution in [1.82, 2.24) is 5.32 Å². The van der Waals surface area contributed by atoms with E-state index >= 15 is 0 Å². The van der Waals surface area contributed by atoms with Crippen molar-refractivity contribution in [2.24, 2.45) is 17.8 Å². The van der Waals surface area contributed by atoms with Gasteiger partial charge in [0.15, 0.2) is 0 Å². The minimum absolute atomic E-state index is 0.0513. The smallest absolute Gasteiger partial charge is 0.452 e. The molecule has 1 N–H and O–H groups in total. The van der Waals surface area contributed by atoms with E-state index in [4.69, 9.17) is 16.3 Å². The van der Waals surface area contributed by atoms with Crippen LogP contribution in [0.4, 0.5) is 26.3 Å². The van der Waals surface area contributed by atoms with Crippen molar-refractivity contribution < 1.29 is 40.7 Å². The van der Waals surface area contributed by atoms with E-state index in [1.165, 1.54) is 12.1 Å². The molecule has 4 nitrogen and oxygen atoms in total. The number of alkyl halides is 7. The monoisotopic (exact) mass is 483 g/mol. The molecule has 0 spiro atoms. The Balaban J connectivity index is 1.79. The van der Waals surface area contributed by atoms with Crippen LogP contribution >= 0.6 is 11.6 Å². The van der Waals surface area contributed by atoms with Gasteiger partial charge in [-0.2, -0.15) is 26.3 Å². The molecule has 4 bridgehead atoms. The third-order valence-corrected chi connectivity index (χ3v) is 7.32. The van der Waals surface area contributed by atoms with Gasteiger partial charge in [0.25, 0.3) is 0 Å². The van der Waals surface area contributed by atoms with E-state index in [0.717, 1.165) is 0 Å². The molecule has 0 aliphatic heterocycles. The SMILES string of the molecule is O=C(N[C@H](c1ccccc1)[C@H]1[C@H]2C[C@@H]3C[C@](Cl)(C2)C[C@@]1(OC(=O)C(F)(F)F)C3)C(F)(F)F. The van der Waals surface area contributed by atoms with Crippen molar-refractivity contribution >= 4 is 23.5 Å². The molecule has 0 radical (unpaired) electrons. The molecule has 32 heavy (non-hydrogen) atoms. The van der Waals surface area contributed by atoms with Gasteiger partial charge >= 0.3 is 24.2 Å². The summed E-state index contributed by atoms with van der Waals surface area (Å²) in [6, 6.07) is 6.39. The van der Waals surface area contributed by atoms with Crippen LogP contribution in [0.1, 0.15) is 43.7 Å². The number of carbonyl (C=O) groups excluding carboxylic acids is 2. The van der Waals surface area contributed by atoms with E-state index in [0.29, 0.717) is 19.3 Å². The van der Waals surface area contributed by atoms with Gasteiger partial charge < -0.3 is 10.1 Å². The second-order valence-electron chi connectivity index (χ2n) is 9.14. The third kappa shape index (κ3) is 4.18. The van der Waals surface area contributed by atoms with E-state index < -0.39 is 52.6 Å². The van der Waals surface area contributed by atoms with Crippen LogP contribution < -0.4 is 5.32 Å². The molecule has 4 aliphatic carbocycles. The lowest BCUT2D eigenvalue weighted by atomic mass is 9.47. The van der Waals surface area contributed by atoms with Crippen molar-refractivity contribution in [1.29, 1.82) is 0 Å². The molecule has 0 unspecified atom stereocenters. The minimum atomic E-state index is -5.27. The van der Waals surface area contributed by atoms with Crippen LogP contribution in [-0.2, 0) is 14.3 Å². The van der Waals surface area contributed by atoms with Crippen LogP contribution in [0.2, 0.25) is 0 Å². The Morgan fingerprint density at radius 2 is 1.69 bits per heavy atom. The summed E-state index contributed by atoms with van der Waals surface area (Å²) in [4.78, 5) is 22.9. The maximum absolute atomic E-state index is 13.1. The van der Waals surface area contributed by atoms with Crippen molar-refractivity contribution in [2.45, 2.75) is 61.0 Å². The van der Waals surface area contributed by atoms with Gasteiger partial charge in [-0.25, -0.2) is 4.79 Å². The summed E-state index contributed by atoms with van der Waals surface area (Å²) in [6.45, 7) is 0. The molecule has 5 rings (SSSR count). The van der Waals surface area contributed by atoms with E-state index in [-0.39, 0.29) is 24.3 Å². The van der Waals surface area contributed by atoms with Crippen LogP contribution in [0.25, 0.3) is 0 Å². The normalized spacial score (nSPS) is 34.8. The van der Waals surface area contributed by atoms with Gasteiger partial charge in [0.2, 0.25) is 0 Å². The highest BCUT2D eigenvalue weighted by atomic mass is 35.5. The van der Waals surface area contributed by atoms with Crippen LogP contribution in [0.15, 0.2) is 30.3 Å². The highest BCUT2D eigenvalue weighted by molar-refractivity contribution is 6.24. The summed E-state index contributed by atoms with van der Waals surface area (Å²) in [6.07, 6.45) is -9.12. The zero-order valence-corrected chi connectivity index (χ0v) is 17.4. The molecular weight excluding hydrogens is 464 g/mol. The number of hydrogen-bond acceptors (Lipinski definition) is 3. The lowest BCUT2D eigenvalue weighted by molar-refractivity contribution is -0.245. The molecule has 176 valence electrons. The fourth-order valence-electron chi connectivity index (χ4n) is 6.25. The fourth-order valence-corrected chi connectivity index (χ4v) is 6.89. The topological polar surface area (TPSA) is 55.4 Å². The van der Waals surface area contributed by atoms with Crippen molar-refractivity contribution in [3.63, 3.8) is 0 Å². The molecule has 1 amide bonds. The number of halogens is 7. The van der Waals surface area contributed by atoms with Gasteiger partial charge in [-0.15, -0.1) is 11.6 Å². The van der Waals surface area contributed by atoms with Crippen LogP contribution in [-0.4, -0.2) is 34.7 Å². The molecule has 4 saturated carbocycles. The molecule has 0 saturated heterocycles. The Labute approximate surface area is 184 Å². The first-order valence-electron chi connectivity index (χ1n) is 10.1. The van der Waals surface area contributed by atoms with Crippen molar-refractivity contribution in [3.8, 4) is 0 Å². The van der Waals surface area contributed by atoms with Gasteiger partial charge in [-0.05, 0) is 43.1 Å². The number of amides is 1. The Morgan fingerprint density at radius 1 is 1.03 bits per heavy atom. The molecule has 4 aliphatic rings. The van der Waals surface area contributed by atoms with E-state index in [9.17, 15) is 35.9 Å². The standard InChI is InChI=1S/C21H20ClF6NO3/c22-18-7-11-6-13(9-18)14(19(8-11,10-18)32-17(31)21(26,27)28)15(12-4-2-1-3-5-12)29-16(30)20(23,24)25/h1-5,11,13-15H,6-10H2,(H,29,30)/t11-,13+,14-,15-,18+,19+/m1/s1. The predicted molar refractivity (Wildman–Crippen MR) is 100 cm³/mol. The first-order chi connectivity index (χ1) is 14.7. The maximum atomic E-state index is 13.1. The predicted octanol–water partition coefficient (Wildman–Crippen LogP) is 5.07. The van der Waals surface area contributed by atoms with E-state index in [2.05, 4.69) is 0 Å². The Morgan fingerprint density at radius 3 is 2.25 bits per heavy atom. The molecule has 1 aromatic rings. The molecular formula is C21H20ClF6NO3. The van der Waals surface area contributed by atoms with Gasteiger partial charge in [0.1, 0.15) is 5.60 Å². The second kappa shape index (κ2) is 7.53. The Bertz CT molecular complexity index is 907. The van der Waals surface area contributed by atoms with Crippen molar-refractivity contribution in [3.05, 3.63) is 35.9 Å². The Hall–Kier alpha value is -1.97. The summed E-state index contributed by atoms with van der Waals surface area (Å²) in [7, 11) is 0. The average molecular weight is 484 g/mol. The van der Waals surface area contributed by atoms with E-state index in [1.807, 2.05) is 5.32 Å². The number of hydrogen-bond donors (Lipinski definition) is 1. The molecule has 6 atom stereocenters. The van der Waals surface area contributed by atoms with Crippen molar-refractivity contribution in [2.75, 3.05) is 0 Å². The highest BCUT2D eigenvalue weighted by Crippen LogP contribution is 2.66. The van der Waals surface area contributed by atoms with Gasteiger partial charge in [0.05, 0.1) is 6.04 Å². The first kappa shape index (κ1) is 23.2. The number of ether oxygens (including phenoxy) is 1. The number of carbonyl (C=O) groups is 2. The van der Waals surface area contributed by atoms with Crippen LogP contribution in [0.3, 0.4) is 0 Å². The minimum Gasteiger partial charge on any atom is -0.452 e. The average Bonchev–Trinajstić information content (AvgIpc) is 2.64. The lowest BCUT2D eigenvalue weighted by Crippen LogP contribution is -2.67. The first-order valence-corrected chi connectivity index (χ1v) is 10.5. The molecule has 0 aromatic heterocycles. The third-order valence-electron chi connectivity index (χ3n) is 6.87. The highest BCUT2D eigenvalue weighted by Gasteiger charge is 2.67. The number of rotatable bonds is 4. The molecule has 4 fully saturated rings. The number of benzene rings is 1. The fraction of sp³-hybridized carbons (Fsp3) is 0.619. The van der Waals surface area contributed by atoms with Gasteiger partial charge in [-0.3, -0.25) is 4.79 Å². The largest absolute Gasteiger partial charge is 0.490 e. The maximum Gasteiger partial charge on any atom is 0.490 e. The van der Waals surface area contributed by atoms with Gasteiger partial charge in [0, 0.05) is 17.2 Å². The zero-order chi connectivity index (χ0) is 23.5. The van der Waals surface area contributed by atoms with E-state index in [1.54, 1.807) is 18.2 Å². The summed E-state index contributed by atoms with van der Waals surface area (Å²) in [5.74, 6) is -6.15. The van der Waals surface area contributed by atoms with Crippen LogP contribution in [0, 0.1) is 17.8 Å². The van der Waals surface area contributed by atoms with Gasteiger partial charge in [-0.1, -0.05) is 30.3 Å².